The average Bonchev–Trinajstić information content (AvgIpc) is 2.56. The lowest BCUT2D eigenvalue weighted by molar-refractivity contribution is 0.319. The lowest BCUT2D eigenvalue weighted by Gasteiger charge is -2.33. The highest BCUT2D eigenvalue weighted by Crippen LogP contribution is 2.48. The van der Waals surface area contributed by atoms with Crippen LogP contribution in [-0.4, -0.2) is 32.3 Å². The van der Waals surface area contributed by atoms with Gasteiger partial charge in [-0.05, 0) is 31.0 Å². The zero-order chi connectivity index (χ0) is 11.2. The Morgan fingerprint density at radius 3 is 3.35 bits per heavy atom. The molecule has 1 aromatic carbocycles. The van der Waals surface area contributed by atoms with Crippen LogP contribution in [0.15, 0.2) is 18.2 Å². The molecular formula is C14H18N2O. The summed E-state index contributed by atoms with van der Waals surface area (Å²) in [7, 11) is 0. The van der Waals surface area contributed by atoms with Crippen molar-refractivity contribution < 1.29 is 4.74 Å². The van der Waals surface area contributed by atoms with E-state index >= 15 is 0 Å². The highest BCUT2D eigenvalue weighted by molar-refractivity contribution is 5.70. The molecule has 2 atom stereocenters. The van der Waals surface area contributed by atoms with Gasteiger partial charge in [0.25, 0.3) is 0 Å². The van der Waals surface area contributed by atoms with Crippen LogP contribution in [0.2, 0.25) is 0 Å². The molecular weight excluding hydrogens is 212 g/mol. The molecule has 0 aliphatic carbocycles. The summed E-state index contributed by atoms with van der Waals surface area (Å²) < 4.78 is 5.88. The maximum atomic E-state index is 5.88. The summed E-state index contributed by atoms with van der Waals surface area (Å²) >= 11 is 0. The summed E-state index contributed by atoms with van der Waals surface area (Å²) in [5.74, 6) is 1.77. The van der Waals surface area contributed by atoms with Gasteiger partial charge in [0, 0.05) is 25.0 Å². The molecule has 90 valence electrons. The lowest BCUT2D eigenvalue weighted by atomic mass is 9.90. The van der Waals surface area contributed by atoms with E-state index in [2.05, 4.69) is 28.4 Å². The Hall–Kier alpha value is -1.22. The number of piperidine rings is 1. The van der Waals surface area contributed by atoms with E-state index in [0.717, 1.165) is 38.4 Å². The van der Waals surface area contributed by atoms with E-state index in [1.54, 1.807) is 0 Å². The molecule has 3 aliphatic heterocycles. The van der Waals surface area contributed by atoms with Crippen molar-refractivity contribution in [1.82, 2.24) is 5.32 Å². The second-order valence-electron chi connectivity index (χ2n) is 5.26. The van der Waals surface area contributed by atoms with Crippen molar-refractivity contribution >= 4 is 5.69 Å². The third-order valence-electron chi connectivity index (χ3n) is 4.36. The van der Waals surface area contributed by atoms with Crippen LogP contribution in [0.5, 0.6) is 5.75 Å². The van der Waals surface area contributed by atoms with Crippen molar-refractivity contribution in [1.29, 1.82) is 0 Å². The fourth-order valence-corrected chi connectivity index (χ4v) is 3.66. The van der Waals surface area contributed by atoms with Gasteiger partial charge in [-0.1, -0.05) is 12.1 Å². The molecule has 0 radical (unpaired) electrons. The number of ether oxygens (including phenoxy) is 1. The van der Waals surface area contributed by atoms with Gasteiger partial charge in [-0.25, -0.2) is 0 Å². The summed E-state index contributed by atoms with van der Waals surface area (Å²) in [5.41, 5.74) is 2.89. The first kappa shape index (κ1) is 9.77. The molecule has 1 fully saturated rings. The summed E-state index contributed by atoms with van der Waals surface area (Å²) in [5, 5.41) is 3.53. The number of hydrogen-bond donors (Lipinski definition) is 1. The quantitative estimate of drug-likeness (QED) is 0.734. The van der Waals surface area contributed by atoms with Crippen molar-refractivity contribution in [2.45, 2.75) is 24.8 Å². The van der Waals surface area contributed by atoms with Gasteiger partial charge in [-0.3, -0.25) is 0 Å². The predicted molar refractivity (Wildman–Crippen MR) is 67.9 cm³/mol. The molecule has 1 aromatic rings. The summed E-state index contributed by atoms with van der Waals surface area (Å²) in [6.07, 6.45) is 2.41. The van der Waals surface area contributed by atoms with Crippen LogP contribution < -0.4 is 15.0 Å². The minimum absolute atomic E-state index is 0.667. The third-order valence-corrected chi connectivity index (χ3v) is 4.36. The summed E-state index contributed by atoms with van der Waals surface area (Å²) in [6.45, 7) is 4.30. The second kappa shape index (κ2) is 3.64. The molecule has 17 heavy (non-hydrogen) atoms. The Morgan fingerprint density at radius 1 is 1.35 bits per heavy atom. The summed E-state index contributed by atoms with van der Waals surface area (Å²) in [6, 6.07) is 7.27. The first-order valence-electron chi connectivity index (χ1n) is 6.68. The molecule has 3 heterocycles. The van der Waals surface area contributed by atoms with Crippen LogP contribution in [0.3, 0.4) is 0 Å². The number of fused-ring (bicyclic) bond motifs is 3. The van der Waals surface area contributed by atoms with Crippen LogP contribution in [0.1, 0.15) is 24.3 Å². The Labute approximate surface area is 102 Å². The van der Waals surface area contributed by atoms with Gasteiger partial charge in [-0.2, -0.15) is 0 Å². The molecule has 3 heteroatoms. The van der Waals surface area contributed by atoms with Crippen LogP contribution in [0, 0.1) is 0 Å². The highest BCUT2D eigenvalue weighted by Gasteiger charge is 2.41. The zero-order valence-electron chi connectivity index (χ0n) is 9.98. The molecule has 0 amide bonds. The molecule has 0 spiro atoms. The summed E-state index contributed by atoms with van der Waals surface area (Å²) in [4.78, 5) is 2.61. The first-order chi connectivity index (χ1) is 8.45. The van der Waals surface area contributed by atoms with Crippen molar-refractivity contribution in [2.24, 2.45) is 0 Å². The largest absolute Gasteiger partial charge is 0.491 e. The number of para-hydroxylation sites is 1. The third kappa shape index (κ3) is 1.32. The zero-order valence-corrected chi connectivity index (χ0v) is 9.98. The number of nitrogens with zero attached hydrogens (tertiary/aromatic N) is 1. The molecule has 2 unspecified atom stereocenters. The van der Waals surface area contributed by atoms with E-state index in [4.69, 9.17) is 4.74 Å². The smallest absolute Gasteiger partial charge is 0.142 e. The van der Waals surface area contributed by atoms with Crippen LogP contribution >= 0.6 is 0 Å². The predicted octanol–water partition coefficient (Wildman–Crippen LogP) is 1.73. The number of hydrogen-bond acceptors (Lipinski definition) is 3. The Morgan fingerprint density at radius 2 is 2.35 bits per heavy atom. The van der Waals surface area contributed by atoms with Gasteiger partial charge in [-0.15, -0.1) is 0 Å². The average molecular weight is 230 g/mol. The first-order valence-corrected chi connectivity index (χ1v) is 6.68. The van der Waals surface area contributed by atoms with Crippen LogP contribution in [-0.2, 0) is 0 Å². The van der Waals surface area contributed by atoms with E-state index in [9.17, 15) is 0 Å². The van der Waals surface area contributed by atoms with Gasteiger partial charge < -0.3 is 15.0 Å². The molecule has 4 rings (SSSR count). The van der Waals surface area contributed by atoms with Crippen LogP contribution in [0.4, 0.5) is 5.69 Å². The fourth-order valence-electron chi connectivity index (χ4n) is 3.66. The maximum Gasteiger partial charge on any atom is 0.142 e. The topological polar surface area (TPSA) is 24.5 Å². The van der Waals surface area contributed by atoms with E-state index in [1.165, 1.54) is 17.7 Å². The maximum absolute atomic E-state index is 5.88. The molecule has 3 nitrogen and oxygen atoms in total. The van der Waals surface area contributed by atoms with Crippen molar-refractivity contribution in [3.05, 3.63) is 23.8 Å². The molecule has 0 bridgehead atoms. The molecule has 1 saturated heterocycles. The van der Waals surface area contributed by atoms with E-state index in [1.807, 2.05) is 0 Å². The van der Waals surface area contributed by atoms with Crippen molar-refractivity contribution in [3.63, 3.8) is 0 Å². The normalized spacial score (nSPS) is 30.2. The van der Waals surface area contributed by atoms with Gasteiger partial charge in [0.2, 0.25) is 0 Å². The van der Waals surface area contributed by atoms with Crippen LogP contribution in [0.25, 0.3) is 0 Å². The lowest BCUT2D eigenvalue weighted by Crippen LogP contribution is -2.44. The monoisotopic (exact) mass is 230 g/mol. The minimum atomic E-state index is 0.667. The Bertz CT molecular complexity index is 446. The SMILES string of the molecule is c1cc2c3c(c1)C1CNCCC1N3CCCO2. The molecule has 3 aliphatic rings. The fraction of sp³-hybridized carbons (Fsp3) is 0.571. The van der Waals surface area contributed by atoms with E-state index < -0.39 is 0 Å². The number of nitrogens with one attached hydrogen (secondary N) is 1. The van der Waals surface area contributed by atoms with Gasteiger partial charge in [0.15, 0.2) is 0 Å². The number of anilines is 1. The minimum Gasteiger partial charge on any atom is -0.491 e. The van der Waals surface area contributed by atoms with Gasteiger partial charge in [0.1, 0.15) is 5.75 Å². The van der Waals surface area contributed by atoms with Gasteiger partial charge >= 0.3 is 0 Å². The highest BCUT2D eigenvalue weighted by atomic mass is 16.5. The Balaban J connectivity index is 1.87. The molecule has 0 saturated carbocycles. The van der Waals surface area contributed by atoms with Crippen molar-refractivity contribution in [2.75, 3.05) is 31.1 Å². The number of rotatable bonds is 0. The standard InChI is InChI=1S/C14H18N2O/c1-3-10-11-9-15-6-5-12(11)16-7-2-8-17-13(4-1)14(10)16/h1,3-4,11-12,15H,2,5-9H2. The second-order valence-corrected chi connectivity index (χ2v) is 5.26. The van der Waals surface area contributed by atoms with Gasteiger partial charge in [0.05, 0.1) is 12.3 Å². The molecule has 0 aromatic heterocycles. The Kier molecular flexibility index (Phi) is 2.09. The van der Waals surface area contributed by atoms with E-state index in [0.29, 0.717) is 12.0 Å². The van der Waals surface area contributed by atoms with Crippen molar-refractivity contribution in [3.8, 4) is 5.75 Å². The molecule has 1 N–H and O–H groups in total. The van der Waals surface area contributed by atoms with E-state index in [-0.39, 0.29) is 0 Å². The number of benzene rings is 1.